The number of fused-ring (bicyclic) bond motifs is 1. The van der Waals surface area contributed by atoms with Crippen LogP contribution in [0.1, 0.15) is 11.4 Å². The van der Waals surface area contributed by atoms with Gasteiger partial charge in [0.05, 0.1) is 23.6 Å². The Morgan fingerprint density at radius 2 is 1.96 bits per heavy atom. The number of hydrogen-bond donors (Lipinski definition) is 1. The smallest absolute Gasteiger partial charge is 0.259 e. The van der Waals surface area contributed by atoms with E-state index in [1.54, 1.807) is 43.5 Å². The number of hydrogen-bond acceptors (Lipinski definition) is 4. The van der Waals surface area contributed by atoms with Crippen molar-refractivity contribution in [3.05, 3.63) is 82.4 Å². The number of nitrogens with zero attached hydrogens (tertiary/aromatic N) is 2. The summed E-state index contributed by atoms with van der Waals surface area (Å²) in [4.78, 5) is 19.2. The average Bonchev–Trinajstić information content (AvgIpc) is 2.65. The molecular weight excluding hydrogens is 314 g/mol. The summed E-state index contributed by atoms with van der Waals surface area (Å²) in [6, 6.07) is 16.6. The number of rotatable bonds is 4. The fourth-order valence-corrected chi connectivity index (χ4v) is 2.44. The second kappa shape index (κ2) is 7.28. The van der Waals surface area contributed by atoms with E-state index >= 15 is 0 Å². The molecule has 0 amide bonds. The van der Waals surface area contributed by atoms with E-state index in [0.29, 0.717) is 10.9 Å². The highest BCUT2D eigenvalue weighted by Crippen LogP contribution is 2.19. The predicted molar refractivity (Wildman–Crippen MR) is 98.0 cm³/mol. The first kappa shape index (κ1) is 16.2. The quantitative estimate of drug-likeness (QED) is 0.586. The molecule has 122 valence electrons. The highest BCUT2D eigenvalue weighted by molar-refractivity contribution is 5.81. The molecule has 1 heterocycles. The second-order valence-electron chi connectivity index (χ2n) is 5.22. The zero-order valence-corrected chi connectivity index (χ0v) is 13.6. The third-order valence-electron chi connectivity index (χ3n) is 3.67. The lowest BCUT2D eigenvalue weighted by Gasteiger charge is -2.03. The highest BCUT2D eigenvalue weighted by Gasteiger charge is 2.07. The fourth-order valence-electron chi connectivity index (χ4n) is 2.44. The van der Waals surface area contributed by atoms with E-state index in [-0.39, 0.29) is 17.0 Å². The molecule has 0 aliphatic heterocycles. The molecule has 3 rings (SSSR count). The van der Waals surface area contributed by atoms with Crippen LogP contribution < -0.4 is 10.3 Å². The molecule has 0 aliphatic carbocycles. The Hall–Kier alpha value is -3.65. The summed E-state index contributed by atoms with van der Waals surface area (Å²) in [6.07, 6.45) is 5.17. The van der Waals surface area contributed by atoms with Crippen molar-refractivity contribution in [2.75, 3.05) is 7.11 Å². The van der Waals surface area contributed by atoms with Crippen LogP contribution in [0.2, 0.25) is 0 Å². The molecule has 5 heteroatoms. The zero-order chi connectivity index (χ0) is 17.6. The number of aromatic nitrogens is 2. The third-order valence-corrected chi connectivity index (χ3v) is 3.67. The summed E-state index contributed by atoms with van der Waals surface area (Å²) in [6.45, 7) is 0. The first-order valence-electron chi connectivity index (χ1n) is 7.64. The number of para-hydroxylation sites is 2. The summed E-state index contributed by atoms with van der Waals surface area (Å²) >= 11 is 0. The van der Waals surface area contributed by atoms with E-state index in [2.05, 4.69) is 16.0 Å². The summed E-state index contributed by atoms with van der Waals surface area (Å²) in [5, 5.41) is 9.90. The summed E-state index contributed by atoms with van der Waals surface area (Å²) < 4.78 is 5.28. The molecule has 0 bridgehead atoms. The predicted octanol–water partition coefficient (Wildman–Crippen LogP) is 3.55. The van der Waals surface area contributed by atoms with Gasteiger partial charge >= 0.3 is 0 Å². The number of H-pyrrole nitrogens is 1. The van der Waals surface area contributed by atoms with Crippen molar-refractivity contribution in [2.24, 2.45) is 0 Å². The van der Waals surface area contributed by atoms with Gasteiger partial charge in [-0.15, -0.1) is 0 Å². The van der Waals surface area contributed by atoms with E-state index in [1.165, 1.54) is 0 Å². The number of benzene rings is 2. The van der Waals surface area contributed by atoms with Crippen LogP contribution in [-0.2, 0) is 0 Å². The first-order chi connectivity index (χ1) is 12.2. The van der Waals surface area contributed by atoms with E-state index in [9.17, 15) is 10.1 Å². The van der Waals surface area contributed by atoms with Crippen molar-refractivity contribution in [3.8, 4) is 11.8 Å². The van der Waals surface area contributed by atoms with Gasteiger partial charge in [0, 0.05) is 5.56 Å². The molecular formula is C20H15N3O2. The average molecular weight is 329 g/mol. The Labute approximate surface area is 144 Å². The van der Waals surface area contributed by atoms with Crippen molar-refractivity contribution in [1.82, 2.24) is 9.97 Å². The van der Waals surface area contributed by atoms with Crippen LogP contribution in [0.3, 0.4) is 0 Å². The van der Waals surface area contributed by atoms with Gasteiger partial charge in [-0.1, -0.05) is 42.5 Å². The lowest BCUT2D eigenvalue weighted by molar-refractivity contribution is 0.414. The molecule has 2 aromatic carbocycles. The lowest BCUT2D eigenvalue weighted by Crippen LogP contribution is -2.11. The van der Waals surface area contributed by atoms with Crippen molar-refractivity contribution < 1.29 is 4.74 Å². The van der Waals surface area contributed by atoms with Crippen LogP contribution in [0.15, 0.2) is 65.5 Å². The molecule has 25 heavy (non-hydrogen) atoms. The maximum absolute atomic E-state index is 12.1. The standard InChI is InChI=1S/C20H15N3O2/c1-25-18-12-5-2-7-14(18)8-6-9-15(13-21)19-22-17-11-4-3-10-16(17)20(24)23-19/h2-12H,1H3,(H,22,23,24)/b8-6+,15-9-. The van der Waals surface area contributed by atoms with Gasteiger partial charge in [-0.3, -0.25) is 4.79 Å². The molecule has 1 aromatic heterocycles. The topological polar surface area (TPSA) is 78.8 Å². The normalized spacial score (nSPS) is 11.6. The van der Waals surface area contributed by atoms with Crippen molar-refractivity contribution in [1.29, 1.82) is 5.26 Å². The van der Waals surface area contributed by atoms with Gasteiger partial charge < -0.3 is 9.72 Å². The maximum atomic E-state index is 12.1. The largest absolute Gasteiger partial charge is 0.496 e. The van der Waals surface area contributed by atoms with Gasteiger partial charge in [-0.25, -0.2) is 4.98 Å². The molecule has 0 radical (unpaired) electrons. The van der Waals surface area contributed by atoms with Crippen LogP contribution >= 0.6 is 0 Å². The van der Waals surface area contributed by atoms with E-state index < -0.39 is 0 Å². The molecule has 0 fully saturated rings. The minimum absolute atomic E-state index is 0.246. The molecule has 0 saturated heterocycles. The van der Waals surface area contributed by atoms with Crippen molar-refractivity contribution >= 4 is 22.6 Å². The molecule has 0 saturated carbocycles. The van der Waals surface area contributed by atoms with E-state index in [4.69, 9.17) is 4.74 Å². The minimum atomic E-state index is -0.268. The molecule has 0 unspecified atom stereocenters. The SMILES string of the molecule is COc1ccccc1/C=C/C=C(/C#N)c1nc2ccccc2c(=O)[nH]1. The van der Waals surface area contributed by atoms with Gasteiger partial charge in [-0.05, 0) is 24.3 Å². The van der Waals surface area contributed by atoms with Crippen molar-refractivity contribution in [2.45, 2.75) is 0 Å². The van der Waals surface area contributed by atoms with Gasteiger partial charge in [-0.2, -0.15) is 5.26 Å². The van der Waals surface area contributed by atoms with E-state index in [1.807, 2.05) is 30.3 Å². The van der Waals surface area contributed by atoms with Crippen LogP contribution in [0.5, 0.6) is 5.75 Å². The number of methoxy groups -OCH3 is 1. The van der Waals surface area contributed by atoms with Gasteiger partial charge in [0.1, 0.15) is 11.8 Å². The summed E-state index contributed by atoms with van der Waals surface area (Å²) in [5.41, 5.74) is 1.44. The summed E-state index contributed by atoms with van der Waals surface area (Å²) in [5.74, 6) is 0.985. The molecule has 3 aromatic rings. The maximum Gasteiger partial charge on any atom is 0.259 e. The van der Waals surface area contributed by atoms with Gasteiger partial charge in [0.25, 0.3) is 5.56 Å². The van der Waals surface area contributed by atoms with Crippen molar-refractivity contribution in [3.63, 3.8) is 0 Å². The molecule has 0 spiro atoms. The molecule has 1 N–H and O–H groups in total. The monoisotopic (exact) mass is 329 g/mol. The van der Waals surface area contributed by atoms with Gasteiger partial charge in [0.15, 0.2) is 5.82 Å². The number of ether oxygens (including phenoxy) is 1. The zero-order valence-electron chi connectivity index (χ0n) is 13.6. The molecule has 0 atom stereocenters. The van der Waals surface area contributed by atoms with Crippen LogP contribution in [-0.4, -0.2) is 17.1 Å². The minimum Gasteiger partial charge on any atom is -0.496 e. The summed E-state index contributed by atoms with van der Waals surface area (Å²) in [7, 11) is 1.60. The number of aromatic amines is 1. The Morgan fingerprint density at radius 1 is 1.20 bits per heavy atom. The fraction of sp³-hybridized carbons (Fsp3) is 0.0500. The van der Waals surface area contributed by atoms with Crippen LogP contribution in [0.4, 0.5) is 0 Å². The molecule has 5 nitrogen and oxygen atoms in total. The Balaban J connectivity index is 1.98. The first-order valence-corrected chi connectivity index (χ1v) is 7.64. The molecule has 0 aliphatic rings. The third kappa shape index (κ3) is 3.48. The van der Waals surface area contributed by atoms with Gasteiger partial charge in [0.2, 0.25) is 0 Å². The Morgan fingerprint density at radius 3 is 2.76 bits per heavy atom. The van der Waals surface area contributed by atoms with E-state index in [0.717, 1.165) is 11.3 Å². The second-order valence-corrected chi connectivity index (χ2v) is 5.22. The van der Waals surface area contributed by atoms with Crippen LogP contribution in [0, 0.1) is 11.3 Å². The van der Waals surface area contributed by atoms with Crippen LogP contribution in [0.25, 0.3) is 22.6 Å². The Kier molecular flexibility index (Phi) is 4.72. The number of nitrogens with one attached hydrogen (secondary N) is 1. The Bertz CT molecular complexity index is 1070. The highest BCUT2D eigenvalue weighted by atomic mass is 16.5. The number of allylic oxidation sites excluding steroid dienone is 3. The number of nitriles is 1. The lowest BCUT2D eigenvalue weighted by atomic mass is 10.1.